The first-order valence-corrected chi connectivity index (χ1v) is 19.2. The Morgan fingerprint density at radius 1 is 0.652 bits per heavy atom. The van der Waals surface area contributed by atoms with E-state index in [0.29, 0.717) is 12.8 Å². The molecular formula is C37H73NO8. The molecule has 1 aliphatic rings. The van der Waals surface area contributed by atoms with E-state index in [2.05, 4.69) is 19.2 Å². The number of carbonyl (C=O) groups excluding carboxylic acids is 1. The van der Waals surface area contributed by atoms with Crippen molar-refractivity contribution in [2.24, 2.45) is 0 Å². The summed E-state index contributed by atoms with van der Waals surface area (Å²) in [5, 5.41) is 54.0. The van der Waals surface area contributed by atoms with Crippen molar-refractivity contribution >= 4 is 5.91 Å². The first-order chi connectivity index (χ1) is 22.3. The first-order valence-electron chi connectivity index (χ1n) is 19.2. The van der Waals surface area contributed by atoms with Gasteiger partial charge in [-0.1, -0.05) is 155 Å². The quantitative estimate of drug-likeness (QED) is 0.0466. The fourth-order valence-corrected chi connectivity index (χ4v) is 6.28. The molecular weight excluding hydrogens is 586 g/mol. The predicted octanol–water partition coefficient (Wildman–Crippen LogP) is 6.44. The second kappa shape index (κ2) is 29.1. The van der Waals surface area contributed by atoms with Gasteiger partial charge in [0, 0.05) is 6.42 Å². The molecule has 1 rings (SSSR count). The van der Waals surface area contributed by atoms with Crippen molar-refractivity contribution in [3.05, 3.63) is 0 Å². The van der Waals surface area contributed by atoms with Crippen LogP contribution in [0.5, 0.6) is 0 Å². The SMILES string of the molecule is CCCCCCCCCCCCCCCC[C@@H](O)[C@H](CO[C@@H]1O[C@H](CO)[C@H](O)C(O)C1O)NC(=O)CCCCCCCCCCC. The van der Waals surface area contributed by atoms with Gasteiger partial charge >= 0.3 is 0 Å². The monoisotopic (exact) mass is 660 g/mol. The molecule has 0 spiro atoms. The molecule has 46 heavy (non-hydrogen) atoms. The van der Waals surface area contributed by atoms with Crippen molar-refractivity contribution in [2.75, 3.05) is 13.2 Å². The molecule has 1 saturated heterocycles. The normalized spacial score (nSPS) is 23.0. The van der Waals surface area contributed by atoms with E-state index in [1.807, 2.05) is 0 Å². The molecule has 9 heteroatoms. The van der Waals surface area contributed by atoms with Crippen LogP contribution in [0.4, 0.5) is 0 Å². The molecule has 0 aromatic carbocycles. The maximum atomic E-state index is 12.8. The van der Waals surface area contributed by atoms with Crippen LogP contribution in [-0.2, 0) is 14.3 Å². The highest BCUT2D eigenvalue weighted by Crippen LogP contribution is 2.23. The number of aliphatic hydroxyl groups is 5. The molecule has 7 atom stereocenters. The van der Waals surface area contributed by atoms with Crippen LogP contribution in [0.1, 0.15) is 174 Å². The number of amides is 1. The Labute approximate surface area is 281 Å². The molecule has 0 radical (unpaired) electrons. The van der Waals surface area contributed by atoms with Gasteiger partial charge < -0.3 is 40.3 Å². The Balaban J connectivity index is 2.41. The lowest BCUT2D eigenvalue weighted by atomic mass is 9.99. The Hall–Kier alpha value is -0.810. The van der Waals surface area contributed by atoms with Gasteiger partial charge in [-0.25, -0.2) is 0 Å². The zero-order valence-electron chi connectivity index (χ0n) is 29.6. The van der Waals surface area contributed by atoms with E-state index in [0.717, 1.165) is 38.5 Å². The summed E-state index contributed by atoms with van der Waals surface area (Å²) in [7, 11) is 0. The minimum atomic E-state index is -1.55. The van der Waals surface area contributed by atoms with Crippen molar-refractivity contribution in [3.63, 3.8) is 0 Å². The topological polar surface area (TPSA) is 149 Å². The van der Waals surface area contributed by atoms with E-state index < -0.39 is 49.5 Å². The predicted molar refractivity (Wildman–Crippen MR) is 184 cm³/mol. The fourth-order valence-electron chi connectivity index (χ4n) is 6.28. The number of unbranched alkanes of at least 4 members (excludes halogenated alkanes) is 21. The molecule has 0 aliphatic carbocycles. The molecule has 1 aliphatic heterocycles. The maximum Gasteiger partial charge on any atom is 0.220 e. The summed E-state index contributed by atoms with van der Waals surface area (Å²) in [4.78, 5) is 12.8. The highest BCUT2D eigenvalue weighted by molar-refractivity contribution is 5.76. The Morgan fingerprint density at radius 3 is 1.54 bits per heavy atom. The minimum Gasteiger partial charge on any atom is -0.394 e. The van der Waals surface area contributed by atoms with Crippen molar-refractivity contribution in [1.82, 2.24) is 5.32 Å². The number of nitrogens with one attached hydrogen (secondary N) is 1. The van der Waals surface area contributed by atoms with Gasteiger partial charge in [-0.3, -0.25) is 4.79 Å². The zero-order chi connectivity index (χ0) is 33.8. The lowest BCUT2D eigenvalue weighted by molar-refractivity contribution is -0.302. The smallest absolute Gasteiger partial charge is 0.220 e. The highest BCUT2D eigenvalue weighted by Gasteiger charge is 2.44. The van der Waals surface area contributed by atoms with E-state index in [1.165, 1.54) is 109 Å². The highest BCUT2D eigenvalue weighted by atomic mass is 16.7. The maximum absolute atomic E-state index is 12.8. The number of hydrogen-bond acceptors (Lipinski definition) is 8. The first kappa shape index (κ1) is 43.2. The average molecular weight is 660 g/mol. The second-order valence-electron chi connectivity index (χ2n) is 13.7. The van der Waals surface area contributed by atoms with Gasteiger partial charge in [0.1, 0.15) is 24.4 Å². The molecule has 0 aromatic rings. The third-order valence-electron chi connectivity index (χ3n) is 9.46. The Kier molecular flexibility index (Phi) is 27.4. The van der Waals surface area contributed by atoms with Crippen LogP contribution in [-0.4, -0.2) is 87.5 Å². The summed E-state index contributed by atoms with van der Waals surface area (Å²) in [6, 6.07) is -0.708. The van der Waals surface area contributed by atoms with Crippen molar-refractivity contribution in [3.8, 4) is 0 Å². The molecule has 6 N–H and O–H groups in total. The Morgan fingerprint density at radius 2 is 1.09 bits per heavy atom. The minimum absolute atomic E-state index is 0.133. The third kappa shape index (κ3) is 20.5. The van der Waals surface area contributed by atoms with Crippen LogP contribution in [0.15, 0.2) is 0 Å². The zero-order valence-corrected chi connectivity index (χ0v) is 29.6. The summed E-state index contributed by atoms with van der Waals surface area (Å²) in [5.41, 5.74) is 0. The van der Waals surface area contributed by atoms with Crippen LogP contribution in [0, 0.1) is 0 Å². The molecule has 9 nitrogen and oxygen atoms in total. The van der Waals surface area contributed by atoms with Gasteiger partial charge in [-0.2, -0.15) is 0 Å². The van der Waals surface area contributed by atoms with Crippen LogP contribution in [0.3, 0.4) is 0 Å². The molecule has 0 saturated carbocycles. The summed E-state index contributed by atoms with van der Waals surface area (Å²) in [5.74, 6) is -0.148. The van der Waals surface area contributed by atoms with Crippen LogP contribution < -0.4 is 5.32 Å². The van der Waals surface area contributed by atoms with Crippen molar-refractivity contribution in [1.29, 1.82) is 0 Å². The van der Waals surface area contributed by atoms with Gasteiger partial charge in [0.15, 0.2) is 6.29 Å². The van der Waals surface area contributed by atoms with Gasteiger partial charge in [0.05, 0.1) is 25.4 Å². The summed E-state index contributed by atoms with van der Waals surface area (Å²) >= 11 is 0. The molecule has 0 bridgehead atoms. The molecule has 1 fully saturated rings. The second-order valence-corrected chi connectivity index (χ2v) is 13.7. The van der Waals surface area contributed by atoms with Gasteiger partial charge in [-0.15, -0.1) is 0 Å². The van der Waals surface area contributed by atoms with E-state index in [-0.39, 0.29) is 12.5 Å². The molecule has 2 unspecified atom stereocenters. The summed E-state index contributed by atoms with van der Waals surface area (Å²) < 4.78 is 11.2. The molecule has 0 aromatic heterocycles. The van der Waals surface area contributed by atoms with E-state index in [4.69, 9.17) is 9.47 Å². The van der Waals surface area contributed by atoms with E-state index in [9.17, 15) is 30.3 Å². The number of hydrogen-bond donors (Lipinski definition) is 6. The van der Waals surface area contributed by atoms with E-state index in [1.54, 1.807) is 0 Å². The van der Waals surface area contributed by atoms with Crippen LogP contribution >= 0.6 is 0 Å². The van der Waals surface area contributed by atoms with Crippen LogP contribution in [0.2, 0.25) is 0 Å². The number of ether oxygens (including phenoxy) is 2. The van der Waals surface area contributed by atoms with Crippen molar-refractivity contribution in [2.45, 2.75) is 217 Å². The van der Waals surface area contributed by atoms with Crippen molar-refractivity contribution < 1.29 is 39.8 Å². The standard InChI is InChI=1S/C37H73NO8/c1-3-5-7-9-11-13-14-15-16-17-19-20-22-24-26-31(40)30(29-45-37-36(44)35(43)34(42)32(28-39)46-37)38-33(41)27-25-23-21-18-12-10-8-6-4-2/h30-32,34-37,39-40,42-44H,3-29H2,1-2H3,(H,38,41)/t30-,31+,32+,34-,35?,36?,37+/m0/s1. The average Bonchev–Trinajstić information content (AvgIpc) is 3.05. The van der Waals surface area contributed by atoms with Gasteiger partial charge in [-0.05, 0) is 12.8 Å². The third-order valence-corrected chi connectivity index (χ3v) is 9.46. The largest absolute Gasteiger partial charge is 0.394 e. The molecule has 1 amide bonds. The van der Waals surface area contributed by atoms with Crippen LogP contribution in [0.25, 0.3) is 0 Å². The Bertz CT molecular complexity index is 696. The number of aliphatic hydroxyl groups excluding tert-OH is 5. The molecule has 1 heterocycles. The van der Waals surface area contributed by atoms with Gasteiger partial charge in [0.2, 0.25) is 5.91 Å². The summed E-state index contributed by atoms with van der Waals surface area (Å²) in [6.45, 7) is 3.79. The lowest BCUT2D eigenvalue weighted by Gasteiger charge is -2.40. The summed E-state index contributed by atoms with van der Waals surface area (Å²) in [6.07, 6.45) is 21.1. The number of carbonyl (C=O) groups is 1. The number of rotatable bonds is 31. The lowest BCUT2D eigenvalue weighted by Crippen LogP contribution is -2.60. The molecule has 274 valence electrons. The van der Waals surface area contributed by atoms with E-state index >= 15 is 0 Å². The van der Waals surface area contributed by atoms with Gasteiger partial charge in [0.25, 0.3) is 0 Å². The fraction of sp³-hybridized carbons (Fsp3) is 0.973.